The third kappa shape index (κ3) is 2.97. The van der Waals surface area contributed by atoms with Crippen molar-refractivity contribution in [1.82, 2.24) is 14.5 Å². The summed E-state index contributed by atoms with van der Waals surface area (Å²) < 4.78 is 2.68. The molecule has 0 bridgehead atoms. The zero-order valence-corrected chi connectivity index (χ0v) is 12.0. The average Bonchev–Trinajstić information content (AvgIpc) is 2.40. The van der Waals surface area contributed by atoms with Gasteiger partial charge in [-0.05, 0) is 18.8 Å². The van der Waals surface area contributed by atoms with Crippen molar-refractivity contribution < 1.29 is 0 Å². The molecule has 1 saturated carbocycles. The summed E-state index contributed by atoms with van der Waals surface area (Å²) in [5, 5.41) is 3.49. The third-order valence-corrected chi connectivity index (χ3v) is 4.28. The number of aromatic nitrogens is 2. The molecule has 2 rings (SSSR count). The molecule has 5 heteroatoms. The van der Waals surface area contributed by atoms with E-state index in [1.807, 2.05) is 0 Å². The van der Waals surface area contributed by atoms with Gasteiger partial charge in [-0.15, -0.1) is 0 Å². The van der Waals surface area contributed by atoms with Crippen LogP contribution in [0.4, 0.5) is 0 Å². The van der Waals surface area contributed by atoms with Crippen LogP contribution in [0.25, 0.3) is 0 Å². The smallest absolute Gasteiger partial charge is 0.308 e. The molecule has 19 heavy (non-hydrogen) atoms. The van der Waals surface area contributed by atoms with Gasteiger partial charge >= 0.3 is 5.69 Å². The summed E-state index contributed by atoms with van der Waals surface area (Å²) in [5.74, 6) is 0.664. The van der Waals surface area contributed by atoms with Crippen LogP contribution in [0.2, 0.25) is 0 Å². The molecule has 0 saturated heterocycles. The molecule has 1 aliphatic rings. The summed E-state index contributed by atoms with van der Waals surface area (Å²) in [6.07, 6.45) is 5.01. The Morgan fingerprint density at radius 2 is 1.89 bits per heavy atom. The molecule has 1 N–H and O–H groups in total. The number of nitrogens with one attached hydrogen (secondary N) is 1. The number of nitrogens with zero attached hydrogens (tertiary/aromatic N) is 2. The molecule has 1 fully saturated rings. The van der Waals surface area contributed by atoms with E-state index in [2.05, 4.69) is 12.2 Å². The van der Waals surface area contributed by atoms with Gasteiger partial charge in [0.25, 0.3) is 5.56 Å². The highest BCUT2D eigenvalue weighted by molar-refractivity contribution is 5.02. The van der Waals surface area contributed by atoms with Crippen molar-refractivity contribution >= 4 is 0 Å². The summed E-state index contributed by atoms with van der Waals surface area (Å²) in [7, 11) is 3.22. The molecule has 0 radical (unpaired) electrons. The molecular formula is C14H23N3O2. The maximum absolute atomic E-state index is 11.8. The van der Waals surface area contributed by atoms with Crippen LogP contribution < -0.4 is 16.6 Å². The Bertz CT molecular complexity index is 559. The molecule has 106 valence electrons. The van der Waals surface area contributed by atoms with Crippen molar-refractivity contribution in [3.63, 3.8) is 0 Å². The summed E-state index contributed by atoms with van der Waals surface area (Å²) in [5.41, 5.74) is 0.253. The van der Waals surface area contributed by atoms with Crippen molar-refractivity contribution in [3.8, 4) is 0 Å². The zero-order valence-electron chi connectivity index (χ0n) is 12.0. The predicted octanol–water partition coefficient (Wildman–Crippen LogP) is 0.752. The highest BCUT2D eigenvalue weighted by Gasteiger charge is 2.20. The van der Waals surface area contributed by atoms with Crippen molar-refractivity contribution in [1.29, 1.82) is 0 Å². The molecule has 1 aromatic rings. The lowest BCUT2D eigenvalue weighted by Crippen LogP contribution is -2.41. The van der Waals surface area contributed by atoms with Crippen LogP contribution in [0.1, 0.15) is 38.3 Å². The Kier molecular flexibility index (Phi) is 4.24. The van der Waals surface area contributed by atoms with Gasteiger partial charge in [0.1, 0.15) is 0 Å². The van der Waals surface area contributed by atoms with Crippen LogP contribution in [-0.4, -0.2) is 15.2 Å². The monoisotopic (exact) mass is 265 g/mol. The fourth-order valence-electron chi connectivity index (χ4n) is 2.80. The van der Waals surface area contributed by atoms with Gasteiger partial charge < -0.3 is 5.32 Å². The van der Waals surface area contributed by atoms with Crippen LogP contribution in [0.5, 0.6) is 0 Å². The van der Waals surface area contributed by atoms with Gasteiger partial charge in [-0.3, -0.25) is 13.9 Å². The van der Waals surface area contributed by atoms with E-state index in [4.69, 9.17) is 0 Å². The van der Waals surface area contributed by atoms with E-state index in [9.17, 15) is 9.59 Å². The van der Waals surface area contributed by atoms with Crippen LogP contribution in [0, 0.1) is 5.92 Å². The maximum atomic E-state index is 11.8. The number of rotatable bonds is 3. The second-order valence-corrected chi connectivity index (χ2v) is 5.62. The molecule has 0 amide bonds. The fraction of sp³-hybridized carbons (Fsp3) is 0.714. The summed E-state index contributed by atoms with van der Waals surface area (Å²) in [4.78, 5) is 23.5. The van der Waals surface area contributed by atoms with Crippen LogP contribution >= 0.6 is 0 Å². The van der Waals surface area contributed by atoms with E-state index in [1.165, 1.54) is 32.7 Å². The molecule has 5 nitrogen and oxygen atoms in total. The SMILES string of the molecule is CC1CCCCC1NCc1cc(=O)n(C)c(=O)n1C. The standard InChI is InChI=1S/C14H23N3O2/c1-10-6-4-5-7-12(10)15-9-11-8-13(18)17(3)14(19)16(11)2/h8,10,12,15H,4-7,9H2,1-3H3. The van der Waals surface area contributed by atoms with Gasteiger partial charge in [0.05, 0.1) is 0 Å². The minimum absolute atomic E-state index is 0.239. The Morgan fingerprint density at radius 1 is 1.21 bits per heavy atom. The number of hydrogen-bond donors (Lipinski definition) is 1. The van der Waals surface area contributed by atoms with E-state index in [0.29, 0.717) is 18.5 Å². The van der Waals surface area contributed by atoms with Gasteiger partial charge in [-0.1, -0.05) is 19.8 Å². The first-order chi connectivity index (χ1) is 9.00. The van der Waals surface area contributed by atoms with E-state index in [1.54, 1.807) is 17.7 Å². The first kappa shape index (κ1) is 14.1. The van der Waals surface area contributed by atoms with Crippen LogP contribution in [0.3, 0.4) is 0 Å². The molecule has 0 aromatic carbocycles. The van der Waals surface area contributed by atoms with E-state index < -0.39 is 0 Å². The van der Waals surface area contributed by atoms with Gasteiger partial charge in [-0.25, -0.2) is 4.79 Å². The van der Waals surface area contributed by atoms with Crippen molar-refractivity contribution in [2.24, 2.45) is 20.0 Å². The van der Waals surface area contributed by atoms with Crippen LogP contribution in [0.15, 0.2) is 15.7 Å². The second-order valence-electron chi connectivity index (χ2n) is 5.62. The molecule has 0 spiro atoms. The van der Waals surface area contributed by atoms with E-state index in [0.717, 1.165) is 10.3 Å². The topological polar surface area (TPSA) is 56.0 Å². The van der Waals surface area contributed by atoms with Gasteiger partial charge in [0.15, 0.2) is 0 Å². The minimum atomic E-state index is -0.263. The lowest BCUT2D eigenvalue weighted by Gasteiger charge is -2.29. The van der Waals surface area contributed by atoms with Crippen molar-refractivity contribution in [3.05, 3.63) is 32.6 Å². The Morgan fingerprint density at radius 3 is 2.58 bits per heavy atom. The summed E-state index contributed by atoms with van der Waals surface area (Å²) >= 11 is 0. The fourth-order valence-corrected chi connectivity index (χ4v) is 2.80. The van der Waals surface area contributed by atoms with Crippen LogP contribution in [-0.2, 0) is 20.6 Å². The summed E-state index contributed by atoms with van der Waals surface area (Å²) in [6.45, 7) is 2.84. The highest BCUT2D eigenvalue weighted by Crippen LogP contribution is 2.23. The highest BCUT2D eigenvalue weighted by atomic mass is 16.2. The quantitative estimate of drug-likeness (QED) is 0.877. The Balaban J connectivity index is 2.12. The number of hydrogen-bond acceptors (Lipinski definition) is 3. The molecule has 1 aliphatic carbocycles. The molecule has 2 atom stereocenters. The second kappa shape index (κ2) is 5.74. The lowest BCUT2D eigenvalue weighted by molar-refractivity contribution is 0.277. The van der Waals surface area contributed by atoms with Gasteiger partial charge in [-0.2, -0.15) is 0 Å². The largest absolute Gasteiger partial charge is 0.330 e. The Labute approximate surface area is 113 Å². The van der Waals surface area contributed by atoms with Gasteiger partial charge in [0.2, 0.25) is 0 Å². The zero-order chi connectivity index (χ0) is 14.0. The summed E-state index contributed by atoms with van der Waals surface area (Å²) in [6, 6.07) is 2.04. The maximum Gasteiger partial charge on any atom is 0.330 e. The van der Waals surface area contributed by atoms with Gasteiger partial charge in [0, 0.05) is 38.4 Å². The van der Waals surface area contributed by atoms with E-state index >= 15 is 0 Å². The predicted molar refractivity (Wildman–Crippen MR) is 75.2 cm³/mol. The first-order valence-electron chi connectivity index (χ1n) is 7.00. The lowest BCUT2D eigenvalue weighted by atomic mass is 9.86. The molecule has 1 aromatic heterocycles. The van der Waals surface area contributed by atoms with Crippen molar-refractivity contribution in [2.75, 3.05) is 0 Å². The average molecular weight is 265 g/mol. The minimum Gasteiger partial charge on any atom is -0.308 e. The molecule has 2 unspecified atom stereocenters. The normalized spacial score (nSPS) is 23.5. The molecule has 0 aliphatic heterocycles. The first-order valence-corrected chi connectivity index (χ1v) is 7.00. The molecule has 1 heterocycles. The van der Waals surface area contributed by atoms with E-state index in [-0.39, 0.29) is 11.2 Å². The third-order valence-electron chi connectivity index (χ3n) is 4.28. The Hall–Kier alpha value is -1.36. The molecular weight excluding hydrogens is 242 g/mol. The van der Waals surface area contributed by atoms with Crippen molar-refractivity contribution in [2.45, 2.75) is 45.2 Å².